The van der Waals surface area contributed by atoms with Crippen LogP contribution >= 0.6 is 24.0 Å². The molecule has 0 saturated carbocycles. The van der Waals surface area contributed by atoms with E-state index in [4.69, 9.17) is 21.9 Å². The Morgan fingerprint density at radius 2 is 1.95 bits per heavy atom. The highest BCUT2D eigenvalue weighted by molar-refractivity contribution is 8.14. The number of ether oxygens (including phenoxy) is 1. The molecule has 1 aromatic carbocycles. The molecular weight excluding hydrogens is 529 g/mol. The van der Waals surface area contributed by atoms with E-state index in [1.54, 1.807) is 17.8 Å². The SMILES string of the molecule is CCC(CCN=C1SC(C)CN1C(=S)Nc1cccc(C(F)(F)F)c1)CC(CC(C)(C)C)N1CCOCC1. The fraction of sp³-hybridized carbons (Fsp3) is 0.714. The Morgan fingerprint density at radius 3 is 2.58 bits per heavy atom. The summed E-state index contributed by atoms with van der Waals surface area (Å²) in [5.41, 5.74) is -0.107. The lowest BCUT2D eigenvalue weighted by Gasteiger charge is -2.39. The first kappa shape index (κ1) is 31.2. The number of morpholine rings is 1. The largest absolute Gasteiger partial charge is 0.416 e. The quantitative estimate of drug-likeness (QED) is 0.317. The molecule has 1 N–H and O–H groups in total. The molecule has 1 aromatic rings. The van der Waals surface area contributed by atoms with Crippen LogP contribution in [0.2, 0.25) is 0 Å². The van der Waals surface area contributed by atoms with Crippen LogP contribution in [0.1, 0.15) is 65.9 Å². The predicted octanol–water partition coefficient (Wildman–Crippen LogP) is 7.14. The first-order chi connectivity index (χ1) is 17.9. The lowest BCUT2D eigenvalue weighted by atomic mass is 9.82. The molecule has 3 unspecified atom stereocenters. The van der Waals surface area contributed by atoms with Crippen LogP contribution in [0.5, 0.6) is 0 Å². The first-order valence-electron chi connectivity index (χ1n) is 13.6. The number of benzene rings is 1. The van der Waals surface area contributed by atoms with Crippen LogP contribution in [-0.4, -0.2) is 70.8 Å². The number of nitrogens with one attached hydrogen (secondary N) is 1. The number of rotatable bonds is 9. The molecule has 0 radical (unpaired) electrons. The third-order valence-electron chi connectivity index (χ3n) is 7.04. The smallest absolute Gasteiger partial charge is 0.379 e. The third kappa shape index (κ3) is 9.68. The number of thioether (sulfide) groups is 1. The Labute approximate surface area is 236 Å². The van der Waals surface area contributed by atoms with Gasteiger partial charge in [-0.15, -0.1) is 0 Å². The highest BCUT2D eigenvalue weighted by Gasteiger charge is 2.32. The van der Waals surface area contributed by atoms with Crippen LogP contribution in [0.3, 0.4) is 0 Å². The van der Waals surface area contributed by atoms with E-state index in [0.717, 1.165) is 69.3 Å². The van der Waals surface area contributed by atoms with Crippen molar-refractivity contribution in [3.05, 3.63) is 29.8 Å². The minimum absolute atomic E-state index is 0.265. The molecule has 0 spiro atoms. The van der Waals surface area contributed by atoms with Crippen LogP contribution in [0, 0.1) is 11.3 Å². The predicted molar refractivity (Wildman–Crippen MR) is 157 cm³/mol. The Balaban J connectivity index is 1.61. The summed E-state index contributed by atoms with van der Waals surface area (Å²) < 4.78 is 44.9. The Hall–Kier alpha value is -1.36. The second-order valence-corrected chi connectivity index (χ2v) is 13.4. The Kier molecular flexibility index (Phi) is 11.3. The zero-order chi connectivity index (χ0) is 27.9. The standard InChI is InChI=1S/C28H43F3N4OS2/c1-6-21(16-24(18-27(3,4)5)34-12-14-36-15-13-34)10-11-32-26-35(19-20(2)38-26)25(37)33-23-9-7-8-22(17-23)28(29,30)31/h7-9,17,20-21,24H,6,10-16,18-19H2,1-5H3,(H,33,37). The van der Waals surface area contributed by atoms with E-state index >= 15 is 0 Å². The molecule has 0 aromatic heterocycles. The number of anilines is 1. The molecule has 10 heteroatoms. The zero-order valence-electron chi connectivity index (χ0n) is 23.3. The number of amidine groups is 1. The topological polar surface area (TPSA) is 40.1 Å². The summed E-state index contributed by atoms with van der Waals surface area (Å²) in [5, 5.41) is 4.51. The van der Waals surface area contributed by atoms with Gasteiger partial charge in [0.15, 0.2) is 10.3 Å². The van der Waals surface area contributed by atoms with Crippen molar-refractivity contribution in [1.29, 1.82) is 0 Å². The van der Waals surface area contributed by atoms with Gasteiger partial charge in [-0.2, -0.15) is 13.2 Å². The van der Waals surface area contributed by atoms with Gasteiger partial charge in [0, 0.05) is 43.2 Å². The molecule has 2 fully saturated rings. The van der Waals surface area contributed by atoms with Crippen LogP contribution in [-0.2, 0) is 10.9 Å². The number of alkyl halides is 3. The minimum Gasteiger partial charge on any atom is -0.379 e. The molecule has 2 saturated heterocycles. The monoisotopic (exact) mass is 572 g/mol. The maximum absolute atomic E-state index is 13.1. The molecule has 2 heterocycles. The molecule has 0 bridgehead atoms. The van der Waals surface area contributed by atoms with Crippen LogP contribution in [0.4, 0.5) is 18.9 Å². The van der Waals surface area contributed by atoms with E-state index in [1.807, 2.05) is 4.90 Å². The lowest BCUT2D eigenvalue weighted by molar-refractivity contribution is -0.137. The number of aliphatic imine (C=N–C) groups is 1. The summed E-state index contributed by atoms with van der Waals surface area (Å²) in [7, 11) is 0. The van der Waals surface area contributed by atoms with Gasteiger partial charge in [0.25, 0.3) is 0 Å². The fourth-order valence-corrected chi connectivity index (χ4v) is 6.48. The maximum atomic E-state index is 13.1. The second kappa shape index (κ2) is 13.8. The van der Waals surface area contributed by atoms with E-state index in [0.29, 0.717) is 41.1 Å². The first-order valence-corrected chi connectivity index (χ1v) is 14.9. The summed E-state index contributed by atoms with van der Waals surface area (Å²) in [5.74, 6) is 0.571. The van der Waals surface area contributed by atoms with Crippen molar-refractivity contribution in [2.45, 2.75) is 77.8 Å². The summed E-state index contributed by atoms with van der Waals surface area (Å²) >= 11 is 7.26. The van der Waals surface area contributed by atoms with E-state index < -0.39 is 11.7 Å². The molecule has 2 aliphatic heterocycles. The molecular formula is C28H43F3N4OS2. The average Bonchev–Trinajstić information content (AvgIpc) is 3.22. The highest BCUT2D eigenvalue weighted by Crippen LogP contribution is 2.32. The maximum Gasteiger partial charge on any atom is 0.416 e. The van der Waals surface area contributed by atoms with Crippen molar-refractivity contribution in [1.82, 2.24) is 9.80 Å². The van der Waals surface area contributed by atoms with E-state index in [2.05, 4.69) is 44.8 Å². The number of halogens is 3. The summed E-state index contributed by atoms with van der Waals surface area (Å²) in [6, 6.07) is 5.67. The van der Waals surface area contributed by atoms with Gasteiger partial charge in [-0.3, -0.25) is 14.8 Å². The molecule has 0 aliphatic carbocycles. The minimum atomic E-state index is -4.40. The molecule has 2 aliphatic rings. The van der Waals surface area contributed by atoms with Crippen LogP contribution in [0.25, 0.3) is 0 Å². The highest BCUT2D eigenvalue weighted by atomic mass is 32.2. The normalized spacial score (nSPS) is 22.1. The van der Waals surface area contributed by atoms with Gasteiger partial charge in [-0.1, -0.05) is 58.9 Å². The van der Waals surface area contributed by atoms with E-state index in [-0.39, 0.29) is 5.41 Å². The second-order valence-electron chi connectivity index (χ2n) is 11.6. The van der Waals surface area contributed by atoms with Gasteiger partial charge in [-0.05, 0) is 61.0 Å². The number of nitrogens with zero attached hydrogens (tertiary/aromatic N) is 3. The Morgan fingerprint density at radius 1 is 1.24 bits per heavy atom. The molecule has 38 heavy (non-hydrogen) atoms. The molecule has 0 amide bonds. The summed E-state index contributed by atoms with van der Waals surface area (Å²) in [4.78, 5) is 9.45. The van der Waals surface area contributed by atoms with Gasteiger partial charge in [0.05, 0.1) is 18.8 Å². The molecule has 3 atom stereocenters. The molecule has 5 nitrogen and oxygen atoms in total. The van der Waals surface area contributed by atoms with E-state index in [1.165, 1.54) is 6.07 Å². The lowest BCUT2D eigenvalue weighted by Crippen LogP contribution is -2.45. The van der Waals surface area contributed by atoms with Gasteiger partial charge < -0.3 is 10.1 Å². The average molecular weight is 573 g/mol. The van der Waals surface area contributed by atoms with Crippen molar-refractivity contribution >= 4 is 39.9 Å². The van der Waals surface area contributed by atoms with Crippen LogP contribution in [0.15, 0.2) is 29.3 Å². The van der Waals surface area contributed by atoms with Crippen molar-refractivity contribution < 1.29 is 17.9 Å². The summed E-state index contributed by atoms with van der Waals surface area (Å²) in [6.07, 6.45) is 0.0314. The van der Waals surface area contributed by atoms with Gasteiger partial charge in [0.1, 0.15) is 0 Å². The van der Waals surface area contributed by atoms with Gasteiger partial charge >= 0.3 is 6.18 Å². The van der Waals surface area contributed by atoms with Crippen molar-refractivity contribution in [2.24, 2.45) is 16.3 Å². The van der Waals surface area contributed by atoms with E-state index in [9.17, 15) is 13.2 Å². The van der Waals surface area contributed by atoms with Crippen molar-refractivity contribution in [2.75, 3.05) is 44.7 Å². The number of thiocarbonyl (C=S) groups is 1. The zero-order valence-corrected chi connectivity index (χ0v) is 24.9. The number of hydrogen-bond donors (Lipinski definition) is 1. The van der Waals surface area contributed by atoms with Crippen molar-refractivity contribution in [3.63, 3.8) is 0 Å². The van der Waals surface area contributed by atoms with Gasteiger partial charge in [0.2, 0.25) is 0 Å². The molecule has 3 rings (SSSR count). The fourth-order valence-electron chi connectivity index (χ4n) is 5.10. The molecule has 214 valence electrons. The third-order valence-corrected chi connectivity index (χ3v) is 8.47. The Bertz CT molecular complexity index is 945. The van der Waals surface area contributed by atoms with Gasteiger partial charge in [-0.25, -0.2) is 0 Å². The van der Waals surface area contributed by atoms with Crippen LogP contribution < -0.4 is 5.32 Å². The number of hydrogen-bond acceptors (Lipinski definition) is 5. The summed E-state index contributed by atoms with van der Waals surface area (Å²) in [6.45, 7) is 16.3. The van der Waals surface area contributed by atoms with Crippen molar-refractivity contribution in [3.8, 4) is 0 Å².